The molecule has 3 rings (SSSR count). The van der Waals surface area contributed by atoms with Gasteiger partial charge in [0.2, 0.25) is 0 Å². The molecule has 0 aliphatic carbocycles. The topological polar surface area (TPSA) is 70.4 Å². The van der Waals surface area contributed by atoms with E-state index in [0.717, 1.165) is 36.5 Å². The predicted molar refractivity (Wildman–Crippen MR) is 96.6 cm³/mol. The highest BCUT2D eigenvalue weighted by Gasteiger charge is 2.24. The number of aliphatic hydroxyl groups excluding tert-OH is 1. The van der Waals surface area contributed by atoms with Gasteiger partial charge in [0.25, 0.3) is 0 Å². The number of piperidine rings is 1. The van der Waals surface area contributed by atoms with Crippen LogP contribution in [0, 0.1) is 12.8 Å². The summed E-state index contributed by atoms with van der Waals surface area (Å²) < 4.78 is 2.02. The molecule has 1 fully saturated rings. The Bertz CT molecular complexity index is 710. The van der Waals surface area contributed by atoms with Crippen LogP contribution in [-0.2, 0) is 0 Å². The van der Waals surface area contributed by atoms with Gasteiger partial charge in [-0.15, -0.1) is 0 Å². The zero-order valence-electron chi connectivity index (χ0n) is 14.9. The van der Waals surface area contributed by atoms with E-state index in [1.54, 1.807) is 6.20 Å². The molecule has 1 saturated heterocycles. The second-order valence-corrected chi connectivity index (χ2v) is 6.74. The second-order valence-electron chi connectivity index (χ2n) is 6.74. The molecule has 6 nitrogen and oxygen atoms in total. The van der Waals surface area contributed by atoms with Crippen molar-refractivity contribution in [3.8, 4) is 5.69 Å². The molecule has 2 amide bonds. The van der Waals surface area contributed by atoms with Crippen LogP contribution in [0.25, 0.3) is 5.69 Å². The summed E-state index contributed by atoms with van der Waals surface area (Å²) >= 11 is 0. The van der Waals surface area contributed by atoms with Gasteiger partial charge in [-0.2, -0.15) is 0 Å². The molecule has 2 N–H and O–H groups in total. The molecule has 0 saturated carbocycles. The van der Waals surface area contributed by atoms with Gasteiger partial charge in [-0.25, -0.2) is 9.78 Å². The molecule has 1 aromatic carbocycles. The number of rotatable bonds is 4. The normalized spacial score (nSPS) is 18.8. The lowest BCUT2D eigenvalue weighted by Gasteiger charge is -2.32. The molecule has 0 spiro atoms. The number of urea groups is 1. The van der Waals surface area contributed by atoms with E-state index in [9.17, 15) is 9.90 Å². The van der Waals surface area contributed by atoms with Crippen LogP contribution in [0.4, 0.5) is 4.79 Å². The van der Waals surface area contributed by atoms with E-state index in [0.29, 0.717) is 6.54 Å². The summed E-state index contributed by atoms with van der Waals surface area (Å²) in [6, 6.07) is 8.02. The maximum atomic E-state index is 12.5. The van der Waals surface area contributed by atoms with Crippen LogP contribution in [0.15, 0.2) is 36.7 Å². The third kappa shape index (κ3) is 4.02. The maximum absolute atomic E-state index is 12.5. The highest BCUT2D eigenvalue weighted by molar-refractivity contribution is 5.74. The SMILES string of the molecule is Cc1nccn1-c1ccc(C(C)NC(=O)N2CCCC(CO)C2)cc1. The summed E-state index contributed by atoms with van der Waals surface area (Å²) in [4.78, 5) is 18.5. The number of imidazole rings is 1. The molecule has 2 aromatic rings. The van der Waals surface area contributed by atoms with Gasteiger partial charge in [-0.3, -0.25) is 0 Å². The number of aryl methyl sites for hydroxylation is 1. The average molecular weight is 342 g/mol. The zero-order chi connectivity index (χ0) is 17.8. The molecular formula is C19H26N4O2. The highest BCUT2D eigenvalue weighted by atomic mass is 16.3. The van der Waals surface area contributed by atoms with Crippen LogP contribution in [0.3, 0.4) is 0 Å². The minimum Gasteiger partial charge on any atom is -0.396 e. The molecule has 25 heavy (non-hydrogen) atoms. The van der Waals surface area contributed by atoms with Crippen LogP contribution in [0.1, 0.15) is 37.2 Å². The van der Waals surface area contributed by atoms with Crippen molar-refractivity contribution in [1.29, 1.82) is 0 Å². The first-order chi connectivity index (χ1) is 12.1. The largest absolute Gasteiger partial charge is 0.396 e. The first-order valence-corrected chi connectivity index (χ1v) is 8.85. The summed E-state index contributed by atoms with van der Waals surface area (Å²) in [6.07, 6.45) is 5.66. The second kappa shape index (κ2) is 7.70. The number of carbonyl (C=O) groups excluding carboxylic acids is 1. The number of likely N-dealkylation sites (tertiary alicyclic amines) is 1. The molecule has 2 heterocycles. The molecule has 2 atom stereocenters. The van der Waals surface area contributed by atoms with Crippen molar-refractivity contribution >= 4 is 6.03 Å². The van der Waals surface area contributed by atoms with Crippen LogP contribution in [-0.4, -0.2) is 45.3 Å². The van der Waals surface area contributed by atoms with Gasteiger partial charge >= 0.3 is 6.03 Å². The van der Waals surface area contributed by atoms with Crippen molar-refractivity contribution in [2.75, 3.05) is 19.7 Å². The van der Waals surface area contributed by atoms with Gasteiger partial charge in [0.05, 0.1) is 6.04 Å². The Balaban J connectivity index is 1.62. The van der Waals surface area contributed by atoms with E-state index in [1.165, 1.54) is 0 Å². The quantitative estimate of drug-likeness (QED) is 0.897. The lowest BCUT2D eigenvalue weighted by atomic mass is 9.99. The van der Waals surface area contributed by atoms with E-state index < -0.39 is 0 Å². The van der Waals surface area contributed by atoms with E-state index in [2.05, 4.69) is 10.3 Å². The molecule has 1 aliphatic rings. The van der Waals surface area contributed by atoms with Crippen molar-refractivity contribution < 1.29 is 9.90 Å². The van der Waals surface area contributed by atoms with E-state index in [-0.39, 0.29) is 24.6 Å². The third-order valence-corrected chi connectivity index (χ3v) is 4.90. The lowest BCUT2D eigenvalue weighted by molar-refractivity contribution is 0.128. The fourth-order valence-electron chi connectivity index (χ4n) is 3.33. The Morgan fingerprint density at radius 3 is 2.80 bits per heavy atom. The van der Waals surface area contributed by atoms with Crippen LogP contribution in [0.5, 0.6) is 0 Å². The number of nitrogens with one attached hydrogen (secondary N) is 1. The standard InChI is InChI=1S/C19H26N4O2/c1-14(21-19(25)22-10-3-4-16(12-22)13-24)17-5-7-18(8-6-17)23-11-9-20-15(23)2/h5-9,11,14,16,24H,3-4,10,12-13H2,1-2H3,(H,21,25). The predicted octanol–water partition coefficient (Wildman–Crippen LogP) is 2.66. The lowest BCUT2D eigenvalue weighted by Crippen LogP contribution is -2.46. The van der Waals surface area contributed by atoms with Crippen LogP contribution < -0.4 is 5.32 Å². The number of hydrogen-bond donors (Lipinski definition) is 2. The summed E-state index contributed by atoms with van der Waals surface area (Å²) in [5.74, 6) is 1.14. The van der Waals surface area contributed by atoms with Crippen LogP contribution in [0.2, 0.25) is 0 Å². The Labute approximate surface area is 148 Å². The highest BCUT2D eigenvalue weighted by Crippen LogP contribution is 2.19. The van der Waals surface area contributed by atoms with Crippen molar-refractivity contribution in [2.24, 2.45) is 5.92 Å². The maximum Gasteiger partial charge on any atom is 0.317 e. The Hall–Kier alpha value is -2.34. The van der Waals surface area contributed by atoms with E-state index >= 15 is 0 Å². The van der Waals surface area contributed by atoms with Crippen molar-refractivity contribution in [2.45, 2.75) is 32.7 Å². The number of carbonyl (C=O) groups is 1. The summed E-state index contributed by atoms with van der Waals surface area (Å²) in [7, 11) is 0. The van der Waals surface area contributed by atoms with Gasteiger partial charge in [0.15, 0.2) is 0 Å². The number of benzene rings is 1. The summed E-state index contributed by atoms with van der Waals surface area (Å²) in [5.41, 5.74) is 2.12. The molecule has 1 aliphatic heterocycles. The molecular weight excluding hydrogens is 316 g/mol. The molecule has 0 bridgehead atoms. The number of amides is 2. The zero-order valence-corrected chi connectivity index (χ0v) is 14.9. The van der Waals surface area contributed by atoms with Gasteiger partial charge < -0.3 is 19.9 Å². The molecule has 6 heteroatoms. The number of nitrogens with zero attached hydrogens (tertiary/aromatic N) is 3. The monoisotopic (exact) mass is 342 g/mol. The summed E-state index contributed by atoms with van der Waals surface area (Å²) in [6.45, 7) is 5.49. The minimum absolute atomic E-state index is 0.0554. The van der Waals surface area contributed by atoms with Crippen molar-refractivity contribution in [1.82, 2.24) is 19.8 Å². The van der Waals surface area contributed by atoms with E-state index in [1.807, 2.05) is 53.8 Å². The number of aromatic nitrogens is 2. The van der Waals surface area contributed by atoms with Crippen molar-refractivity contribution in [3.05, 3.63) is 48.0 Å². The molecule has 134 valence electrons. The van der Waals surface area contributed by atoms with Gasteiger partial charge in [-0.1, -0.05) is 12.1 Å². The minimum atomic E-state index is -0.0695. The molecule has 2 unspecified atom stereocenters. The van der Waals surface area contributed by atoms with Gasteiger partial charge in [0, 0.05) is 37.8 Å². The number of aliphatic hydroxyl groups is 1. The fraction of sp³-hybridized carbons (Fsp3) is 0.474. The first-order valence-electron chi connectivity index (χ1n) is 8.85. The Kier molecular flexibility index (Phi) is 5.38. The van der Waals surface area contributed by atoms with Crippen LogP contribution >= 0.6 is 0 Å². The Morgan fingerprint density at radius 1 is 1.40 bits per heavy atom. The van der Waals surface area contributed by atoms with Crippen molar-refractivity contribution in [3.63, 3.8) is 0 Å². The van der Waals surface area contributed by atoms with E-state index in [4.69, 9.17) is 0 Å². The summed E-state index contributed by atoms with van der Waals surface area (Å²) in [5, 5.41) is 12.4. The number of hydrogen-bond acceptors (Lipinski definition) is 3. The molecule has 0 radical (unpaired) electrons. The smallest absolute Gasteiger partial charge is 0.317 e. The van der Waals surface area contributed by atoms with Gasteiger partial charge in [-0.05, 0) is 50.3 Å². The Morgan fingerprint density at radius 2 is 2.16 bits per heavy atom. The van der Waals surface area contributed by atoms with Gasteiger partial charge in [0.1, 0.15) is 5.82 Å². The first kappa shape index (κ1) is 17.5. The molecule has 1 aromatic heterocycles. The average Bonchev–Trinajstić information content (AvgIpc) is 3.07. The fourth-order valence-corrected chi connectivity index (χ4v) is 3.33. The third-order valence-electron chi connectivity index (χ3n) is 4.90.